The van der Waals surface area contributed by atoms with Crippen molar-refractivity contribution >= 4 is 11.8 Å². The van der Waals surface area contributed by atoms with Crippen LogP contribution in [0.2, 0.25) is 0 Å². The minimum atomic E-state index is -2.00. The molecule has 3 aliphatic heterocycles. The van der Waals surface area contributed by atoms with E-state index in [0.29, 0.717) is 6.42 Å². The molecule has 304 valence electrons. The number of hydrogen-bond donors (Lipinski definition) is 6. The number of aliphatic hydroxyl groups excluding tert-OH is 3. The van der Waals surface area contributed by atoms with Crippen molar-refractivity contribution in [1.82, 2.24) is 4.90 Å². The summed E-state index contributed by atoms with van der Waals surface area (Å²) >= 11 is 0. The predicted molar refractivity (Wildman–Crippen MR) is 189 cm³/mol. The van der Waals surface area contributed by atoms with Crippen LogP contribution in [-0.2, 0) is 38.0 Å². The smallest absolute Gasteiger partial charge is 0.311 e. The van der Waals surface area contributed by atoms with Gasteiger partial charge in [-0.2, -0.15) is 0 Å². The molecular formula is C37H68N2O13. The van der Waals surface area contributed by atoms with Gasteiger partial charge in [-0.05, 0) is 67.9 Å². The first-order valence-corrected chi connectivity index (χ1v) is 18.8. The lowest BCUT2D eigenvalue weighted by Crippen LogP contribution is -2.61. The highest BCUT2D eigenvalue weighted by Gasteiger charge is 2.53. The van der Waals surface area contributed by atoms with Gasteiger partial charge in [0.15, 0.2) is 12.6 Å². The second-order valence-corrected chi connectivity index (χ2v) is 16.4. The number of nitrogens with zero attached hydrogens (tertiary/aromatic N) is 1. The van der Waals surface area contributed by atoms with E-state index < -0.39 is 114 Å². The highest BCUT2D eigenvalue weighted by Crippen LogP contribution is 2.40. The average Bonchev–Trinajstić information content (AvgIpc) is 3.08. The molecule has 3 fully saturated rings. The third kappa shape index (κ3) is 9.54. The molecule has 0 bridgehead atoms. The number of ketones is 1. The van der Waals surface area contributed by atoms with Gasteiger partial charge in [0, 0.05) is 44.0 Å². The van der Waals surface area contributed by atoms with Crippen molar-refractivity contribution in [3.05, 3.63) is 0 Å². The number of methoxy groups -OCH3 is 1. The van der Waals surface area contributed by atoms with Crippen molar-refractivity contribution in [2.45, 2.75) is 179 Å². The second-order valence-electron chi connectivity index (χ2n) is 16.4. The van der Waals surface area contributed by atoms with E-state index in [-0.39, 0.29) is 32.0 Å². The summed E-state index contributed by atoms with van der Waals surface area (Å²) in [5.41, 5.74) is 1.04. The molecule has 0 aliphatic carbocycles. The molecule has 0 spiro atoms. The van der Waals surface area contributed by atoms with Crippen molar-refractivity contribution < 1.29 is 63.5 Å². The van der Waals surface area contributed by atoms with Gasteiger partial charge in [-0.1, -0.05) is 27.7 Å². The zero-order valence-electron chi connectivity index (χ0n) is 33.2. The number of rotatable bonds is 8. The Kier molecular flexibility index (Phi) is 15.3. The van der Waals surface area contributed by atoms with E-state index in [1.807, 2.05) is 6.92 Å². The molecule has 3 saturated heterocycles. The lowest BCUT2D eigenvalue weighted by atomic mass is 9.74. The standard InChI is InChI=1S/C37H68N2O13/c1-13-25-37(10,46)30(42)20(4)27(40)18(2)15-35(8,45)32(52-34-28(41)24(39(11)17-38)14-19(3)48-34)21(5)29(22(6)33(44)50-25)51-26-16-36(9,47-12)31(43)23(7)49-26/h18-26,28-32,34,41-43,45-46H,13-17,38H2,1-12H3/t18-,19-,20+,21+,22-,23+,24+,25-,26+,28-,29+,30-,31+,32-,34+,35-,36?,37-/m1/s1. The van der Waals surface area contributed by atoms with Gasteiger partial charge in [-0.15, -0.1) is 0 Å². The summed E-state index contributed by atoms with van der Waals surface area (Å²) in [4.78, 5) is 29.7. The molecule has 0 radical (unpaired) electrons. The van der Waals surface area contributed by atoms with Crippen molar-refractivity contribution in [1.29, 1.82) is 0 Å². The fourth-order valence-corrected chi connectivity index (χ4v) is 8.47. The van der Waals surface area contributed by atoms with Crippen LogP contribution < -0.4 is 5.73 Å². The van der Waals surface area contributed by atoms with Gasteiger partial charge in [0.2, 0.25) is 0 Å². The van der Waals surface area contributed by atoms with Crippen LogP contribution in [0, 0.1) is 23.7 Å². The molecule has 15 heteroatoms. The van der Waals surface area contributed by atoms with E-state index in [1.165, 1.54) is 27.9 Å². The van der Waals surface area contributed by atoms with Crippen LogP contribution >= 0.6 is 0 Å². The largest absolute Gasteiger partial charge is 0.459 e. The first kappa shape index (κ1) is 45.1. The Morgan fingerprint density at radius 1 is 0.923 bits per heavy atom. The van der Waals surface area contributed by atoms with E-state index in [2.05, 4.69) is 0 Å². The number of hydrogen-bond acceptors (Lipinski definition) is 15. The second kappa shape index (κ2) is 17.6. The van der Waals surface area contributed by atoms with E-state index in [9.17, 15) is 35.1 Å². The molecule has 3 heterocycles. The van der Waals surface area contributed by atoms with Crippen LogP contribution in [0.4, 0.5) is 0 Å². The summed E-state index contributed by atoms with van der Waals surface area (Å²) in [6, 6.07) is -0.435. The molecule has 52 heavy (non-hydrogen) atoms. The zero-order chi connectivity index (χ0) is 39.7. The third-order valence-corrected chi connectivity index (χ3v) is 12.0. The topological polar surface area (TPSA) is 220 Å². The fourth-order valence-electron chi connectivity index (χ4n) is 8.47. The van der Waals surface area contributed by atoms with Crippen LogP contribution in [0.1, 0.15) is 94.9 Å². The summed E-state index contributed by atoms with van der Waals surface area (Å²) in [6.07, 6.45) is -10.1. The van der Waals surface area contributed by atoms with Gasteiger partial charge >= 0.3 is 5.97 Å². The normalized spacial score (nSPS) is 49.0. The first-order valence-electron chi connectivity index (χ1n) is 18.8. The minimum Gasteiger partial charge on any atom is -0.459 e. The Hall–Kier alpha value is -1.34. The molecule has 0 aromatic heterocycles. The molecule has 0 aromatic rings. The molecule has 0 aromatic carbocycles. The van der Waals surface area contributed by atoms with E-state index in [1.54, 1.807) is 53.5 Å². The number of carbonyl (C=O) groups is 2. The summed E-state index contributed by atoms with van der Waals surface area (Å²) in [5, 5.41) is 57.7. The van der Waals surface area contributed by atoms with Crippen molar-refractivity contribution in [3.63, 3.8) is 0 Å². The minimum absolute atomic E-state index is 0.0822. The Morgan fingerprint density at radius 3 is 2.10 bits per heavy atom. The summed E-state index contributed by atoms with van der Waals surface area (Å²) < 4.78 is 37.1. The molecule has 3 aliphatic rings. The van der Waals surface area contributed by atoms with Gasteiger partial charge in [-0.3, -0.25) is 14.5 Å². The monoisotopic (exact) mass is 748 g/mol. The lowest BCUT2D eigenvalue weighted by molar-refractivity contribution is -0.318. The highest BCUT2D eigenvalue weighted by atomic mass is 16.7. The maximum absolute atomic E-state index is 14.1. The molecular weight excluding hydrogens is 680 g/mol. The number of carbonyl (C=O) groups excluding carboxylic acids is 2. The van der Waals surface area contributed by atoms with Crippen LogP contribution in [0.25, 0.3) is 0 Å². The number of esters is 1. The Bertz CT molecular complexity index is 1190. The third-order valence-electron chi connectivity index (χ3n) is 12.0. The Labute approximate surface area is 309 Å². The number of ether oxygens (including phenoxy) is 6. The average molecular weight is 749 g/mol. The van der Waals surface area contributed by atoms with Crippen molar-refractivity contribution in [2.75, 3.05) is 20.8 Å². The van der Waals surface area contributed by atoms with Crippen LogP contribution in [0.3, 0.4) is 0 Å². The van der Waals surface area contributed by atoms with E-state index in [4.69, 9.17) is 34.2 Å². The van der Waals surface area contributed by atoms with E-state index in [0.717, 1.165) is 0 Å². The maximum atomic E-state index is 14.1. The number of likely N-dealkylation sites (N-methyl/N-ethyl adjacent to an activating group) is 1. The fraction of sp³-hybridized carbons (Fsp3) is 0.946. The molecule has 0 amide bonds. The molecule has 7 N–H and O–H groups in total. The Morgan fingerprint density at radius 2 is 1.54 bits per heavy atom. The molecule has 1 unspecified atom stereocenters. The molecule has 18 atom stereocenters. The summed E-state index contributed by atoms with van der Waals surface area (Å²) in [7, 11) is 3.25. The maximum Gasteiger partial charge on any atom is 0.311 e. The number of cyclic esters (lactones) is 1. The van der Waals surface area contributed by atoms with Gasteiger partial charge < -0.3 is 59.7 Å². The van der Waals surface area contributed by atoms with Crippen LogP contribution in [0.15, 0.2) is 0 Å². The number of aliphatic hydroxyl groups is 5. The predicted octanol–water partition coefficient (Wildman–Crippen LogP) is 1.07. The van der Waals surface area contributed by atoms with Gasteiger partial charge in [0.25, 0.3) is 0 Å². The van der Waals surface area contributed by atoms with Crippen LogP contribution in [-0.4, -0.2) is 147 Å². The van der Waals surface area contributed by atoms with E-state index >= 15 is 0 Å². The quantitative estimate of drug-likeness (QED) is 0.151. The van der Waals surface area contributed by atoms with Crippen LogP contribution in [0.5, 0.6) is 0 Å². The van der Waals surface area contributed by atoms with Crippen molar-refractivity contribution in [2.24, 2.45) is 29.4 Å². The number of Topliss-reactive ketones (excluding diaryl/α,β-unsaturated/α-hetero) is 1. The van der Waals surface area contributed by atoms with Gasteiger partial charge in [0.1, 0.15) is 29.7 Å². The molecule has 0 saturated carbocycles. The number of nitrogens with two attached hydrogens (primary N) is 1. The highest BCUT2D eigenvalue weighted by molar-refractivity contribution is 5.83. The molecule has 15 nitrogen and oxygen atoms in total. The zero-order valence-corrected chi connectivity index (χ0v) is 33.2. The van der Waals surface area contributed by atoms with Crippen molar-refractivity contribution in [3.8, 4) is 0 Å². The Balaban J connectivity index is 2.19. The summed E-state index contributed by atoms with van der Waals surface area (Å²) in [5.74, 6) is -5.07. The summed E-state index contributed by atoms with van der Waals surface area (Å²) in [6.45, 7) is 16.4. The van der Waals surface area contributed by atoms with Gasteiger partial charge in [-0.25, -0.2) is 0 Å². The molecule has 3 rings (SSSR count). The first-order chi connectivity index (χ1) is 24.0. The SMILES string of the molecule is CC[C@H]1OC(=O)[C@H](C)[C@@H](O[C@H]2CC(C)(OC)[C@@H](O)[C@H](C)O2)[C@H](C)[C@@H](O[C@@H]2O[C@H](C)C[C@H](N(C)CN)[C@H]2O)[C@](C)(O)C[C@@H](C)C(=O)[C@H](C)[C@@H](O)[C@]1(C)O. The van der Waals surface area contributed by atoms with Gasteiger partial charge in [0.05, 0.1) is 47.6 Å². The lowest BCUT2D eigenvalue weighted by Gasteiger charge is -2.49.